The summed E-state index contributed by atoms with van der Waals surface area (Å²) in [5.41, 5.74) is 12.4. The molecule has 8 nitrogen and oxygen atoms in total. The number of rotatable bonds is 18. The van der Waals surface area contributed by atoms with Crippen LogP contribution in [0.5, 0.6) is 0 Å². The Labute approximate surface area is 375 Å². The zero-order valence-corrected chi connectivity index (χ0v) is 37.4. The lowest BCUT2D eigenvalue weighted by molar-refractivity contribution is -0.128. The van der Waals surface area contributed by atoms with Crippen LogP contribution in [0.1, 0.15) is 54.2 Å². The second-order valence-electron chi connectivity index (χ2n) is 16.0. The molecule has 0 unspecified atom stereocenters. The first-order valence-corrected chi connectivity index (χ1v) is 22.8. The van der Waals surface area contributed by atoms with Gasteiger partial charge in [0.1, 0.15) is 11.6 Å². The van der Waals surface area contributed by atoms with Crippen molar-refractivity contribution in [2.75, 3.05) is 31.6 Å². The summed E-state index contributed by atoms with van der Waals surface area (Å²) >= 11 is 3.17. The molecule has 0 radical (unpaired) electrons. The molecule has 6 aromatic rings. The van der Waals surface area contributed by atoms with Crippen LogP contribution in [0.15, 0.2) is 182 Å². The van der Waals surface area contributed by atoms with E-state index in [4.69, 9.17) is 10.5 Å². The molecule has 0 aliphatic rings. The normalized spacial score (nSPS) is 12.7. The van der Waals surface area contributed by atoms with Crippen molar-refractivity contribution in [2.24, 2.45) is 5.73 Å². The van der Waals surface area contributed by atoms with Crippen LogP contribution in [-0.4, -0.2) is 72.1 Å². The smallest absolute Gasteiger partial charge is 0.410 e. The SMILES string of the molecule is CN(CCNC(=O)[C@H](CSC(c1ccccc1)(c1ccccc1)c1ccccc1)NC(=O)[C@@H](N)CSC(c1ccccc1)(c1ccccc1)c1ccccc1)C(=O)OC(C)(C)C. The molecule has 0 spiro atoms. The van der Waals surface area contributed by atoms with Crippen LogP contribution in [0.25, 0.3) is 0 Å². The van der Waals surface area contributed by atoms with E-state index < -0.39 is 45.1 Å². The van der Waals surface area contributed by atoms with E-state index in [1.807, 2.05) is 109 Å². The van der Waals surface area contributed by atoms with Gasteiger partial charge in [0.05, 0.1) is 15.5 Å². The third-order valence-electron chi connectivity index (χ3n) is 10.4. The third-order valence-corrected chi connectivity index (χ3v) is 13.8. The zero-order chi connectivity index (χ0) is 44.0. The van der Waals surface area contributed by atoms with Gasteiger partial charge >= 0.3 is 6.09 Å². The van der Waals surface area contributed by atoms with E-state index in [-0.39, 0.29) is 24.6 Å². The summed E-state index contributed by atoms with van der Waals surface area (Å²) in [4.78, 5) is 42.9. The van der Waals surface area contributed by atoms with Crippen LogP contribution < -0.4 is 16.4 Å². The van der Waals surface area contributed by atoms with Crippen molar-refractivity contribution in [3.8, 4) is 0 Å². The Morgan fingerprint density at radius 3 is 1.19 bits per heavy atom. The molecule has 0 aromatic heterocycles. The lowest BCUT2D eigenvalue weighted by Gasteiger charge is -2.37. The van der Waals surface area contributed by atoms with Crippen molar-refractivity contribution < 1.29 is 19.1 Å². The molecule has 6 aromatic carbocycles. The van der Waals surface area contributed by atoms with Gasteiger partial charge in [0.15, 0.2) is 0 Å². The van der Waals surface area contributed by atoms with Gasteiger partial charge in [-0.25, -0.2) is 4.79 Å². The number of carbonyl (C=O) groups excluding carboxylic acids is 3. The van der Waals surface area contributed by atoms with E-state index in [9.17, 15) is 14.4 Å². The van der Waals surface area contributed by atoms with Gasteiger partial charge in [-0.05, 0) is 54.2 Å². The van der Waals surface area contributed by atoms with E-state index in [0.717, 1.165) is 33.4 Å². The summed E-state index contributed by atoms with van der Waals surface area (Å²) in [6.07, 6.45) is -0.494. The Morgan fingerprint density at radius 2 is 0.871 bits per heavy atom. The van der Waals surface area contributed by atoms with Gasteiger partial charge in [-0.15, -0.1) is 23.5 Å². The average Bonchev–Trinajstić information content (AvgIpc) is 3.30. The topological polar surface area (TPSA) is 114 Å². The molecule has 0 bridgehead atoms. The maximum absolute atomic E-state index is 14.4. The Kier molecular flexibility index (Phi) is 15.7. The van der Waals surface area contributed by atoms with Crippen LogP contribution in [0, 0.1) is 0 Å². The van der Waals surface area contributed by atoms with Crippen LogP contribution >= 0.6 is 23.5 Å². The molecule has 2 atom stereocenters. The Bertz CT molecular complexity index is 2120. The van der Waals surface area contributed by atoms with Gasteiger partial charge in [0, 0.05) is 31.6 Å². The summed E-state index contributed by atoms with van der Waals surface area (Å²) in [6.45, 7) is 5.76. The molecule has 0 heterocycles. The number of likely N-dealkylation sites (N-methyl/N-ethyl adjacent to an activating group) is 1. The number of amides is 3. The first kappa shape index (κ1) is 45.7. The highest BCUT2D eigenvalue weighted by molar-refractivity contribution is 8.01. The fourth-order valence-corrected chi connectivity index (χ4v) is 10.4. The minimum Gasteiger partial charge on any atom is -0.444 e. The van der Waals surface area contributed by atoms with Crippen molar-refractivity contribution in [1.82, 2.24) is 15.5 Å². The quantitative estimate of drug-likeness (QED) is 0.0739. The van der Waals surface area contributed by atoms with Gasteiger partial charge < -0.3 is 26.0 Å². The number of nitrogens with one attached hydrogen (secondary N) is 2. The third kappa shape index (κ3) is 11.2. The molecule has 62 heavy (non-hydrogen) atoms. The standard InChI is InChI=1S/C52H56N4O4S2/c1-50(2,3)60-49(59)56(4)36-35-54-48(58)46(38-62-52(42-29-17-8-18-30-42,43-31-19-9-20-32-43)44-33-21-10-22-34-44)55-47(57)45(53)37-61-51(39-23-11-5-12-24-39,40-25-13-6-14-26-40)41-27-15-7-16-28-41/h5-34,45-46H,35-38,53H2,1-4H3,(H,54,58)(H,55,57)/t45-,46-/m0/s1. The van der Waals surface area contributed by atoms with Gasteiger partial charge in [0.25, 0.3) is 0 Å². The Balaban J connectivity index is 1.30. The monoisotopic (exact) mass is 864 g/mol. The summed E-state index contributed by atoms with van der Waals surface area (Å²) in [5, 5.41) is 6.07. The molecule has 6 rings (SSSR count). The molecule has 0 aliphatic carbocycles. The second-order valence-corrected chi connectivity index (χ2v) is 18.5. The summed E-state index contributed by atoms with van der Waals surface area (Å²) in [7, 11) is 1.63. The van der Waals surface area contributed by atoms with Crippen LogP contribution in [0.2, 0.25) is 0 Å². The Hall–Kier alpha value is -5.81. The van der Waals surface area contributed by atoms with E-state index in [1.165, 1.54) is 4.90 Å². The number of benzene rings is 6. The number of carbonyl (C=O) groups is 3. The largest absolute Gasteiger partial charge is 0.444 e. The molecule has 0 saturated heterocycles. The maximum Gasteiger partial charge on any atom is 0.410 e. The highest BCUT2D eigenvalue weighted by Crippen LogP contribution is 2.50. The van der Waals surface area contributed by atoms with E-state index >= 15 is 0 Å². The number of thioether (sulfide) groups is 2. The van der Waals surface area contributed by atoms with Gasteiger partial charge in [-0.1, -0.05) is 182 Å². The molecule has 4 N–H and O–H groups in total. The predicted octanol–water partition coefficient (Wildman–Crippen LogP) is 9.23. The second kappa shape index (κ2) is 21.3. The van der Waals surface area contributed by atoms with Crippen molar-refractivity contribution in [3.63, 3.8) is 0 Å². The van der Waals surface area contributed by atoms with Crippen molar-refractivity contribution in [1.29, 1.82) is 0 Å². The molecule has 10 heteroatoms. The first-order chi connectivity index (χ1) is 29.9. The highest BCUT2D eigenvalue weighted by atomic mass is 32.2. The van der Waals surface area contributed by atoms with Gasteiger partial charge in [0.2, 0.25) is 11.8 Å². The molecule has 3 amide bonds. The molecule has 0 fully saturated rings. The minimum atomic E-state index is -0.993. The highest BCUT2D eigenvalue weighted by Gasteiger charge is 2.40. The Morgan fingerprint density at radius 1 is 0.548 bits per heavy atom. The van der Waals surface area contributed by atoms with Crippen LogP contribution in [0.3, 0.4) is 0 Å². The van der Waals surface area contributed by atoms with Crippen molar-refractivity contribution >= 4 is 41.4 Å². The number of hydrogen-bond donors (Lipinski definition) is 3. The van der Waals surface area contributed by atoms with E-state index in [2.05, 4.69) is 83.4 Å². The molecular formula is C52H56N4O4S2. The minimum absolute atomic E-state index is 0.141. The van der Waals surface area contributed by atoms with Crippen molar-refractivity contribution in [3.05, 3.63) is 215 Å². The maximum atomic E-state index is 14.4. The number of nitrogens with zero attached hydrogens (tertiary/aromatic N) is 1. The summed E-state index contributed by atoms with van der Waals surface area (Å²) in [5.74, 6) is -0.398. The number of ether oxygens (including phenoxy) is 1. The average molecular weight is 865 g/mol. The van der Waals surface area contributed by atoms with Gasteiger partial charge in [-0.2, -0.15) is 0 Å². The van der Waals surface area contributed by atoms with Gasteiger partial charge in [-0.3, -0.25) is 9.59 Å². The summed E-state index contributed by atoms with van der Waals surface area (Å²) in [6, 6.07) is 59.4. The number of nitrogens with two attached hydrogens (primary N) is 1. The van der Waals surface area contributed by atoms with E-state index in [0.29, 0.717) is 0 Å². The van der Waals surface area contributed by atoms with Crippen molar-refractivity contribution in [2.45, 2.75) is 47.9 Å². The fraction of sp³-hybridized carbons (Fsp3) is 0.250. The lowest BCUT2D eigenvalue weighted by atomic mass is 9.84. The molecular weight excluding hydrogens is 809 g/mol. The zero-order valence-electron chi connectivity index (χ0n) is 35.8. The fourth-order valence-electron chi connectivity index (χ4n) is 7.40. The summed E-state index contributed by atoms with van der Waals surface area (Å²) < 4.78 is 4.08. The molecule has 0 aliphatic heterocycles. The molecule has 320 valence electrons. The first-order valence-electron chi connectivity index (χ1n) is 20.8. The number of hydrogen-bond acceptors (Lipinski definition) is 7. The predicted molar refractivity (Wildman–Crippen MR) is 255 cm³/mol. The molecule has 0 saturated carbocycles. The lowest BCUT2D eigenvalue weighted by Crippen LogP contribution is -2.54. The van der Waals surface area contributed by atoms with Crippen LogP contribution in [-0.2, 0) is 23.8 Å². The van der Waals surface area contributed by atoms with Crippen LogP contribution in [0.4, 0.5) is 4.79 Å². The van der Waals surface area contributed by atoms with E-state index in [1.54, 1.807) is 51.3 Å².